The quantitative estimate of drug-likeness (QED) is 0.120. The molecule has 0 aliphatic carbocycles. The van der Waals surface area contributed by atoms with Gasteiger partial charge in [-0.15, -0.1) is 11.8 Å². The van der Waals surface area contributed by atoms with Gasteiger partial charge in [0.15, 0.2) is 0 Å². The Morgan fingerprint density at radius 2 is 1.41 bits per heavy atom. The number of benzene rings is 4. The number of amides is 4. The van der Waals surface area contributed by atoms with E-state index in [0.29, 0.717) is 40.4 Å². The standard InChI is InChI=1S/C34H32N4O5S/c1-3-43-28-17-9-23(10-18-28)21-30(38-33(41)25-7-5-4-6-8-25)34(42)37-27-15-19-29(20-16-27)44-22(2)32(40)36-26-13-11-24(12-14-26)31(35)39/h4-22H,3H2,1-2H3,(H2,35,39)(H,36,40)(H,37,42)(H,38,41)/b30-21-. The number of primary amides is 1. The van der Waals surface area contributed by atoms with Crippen molar-refractivity contribution in [3.63, 3.8) is 0 Å². The molecule has 0 saturated carbocycles. The largest absolute Gasteiger partial charge is 0.494 e. The zero-order chi connectivity index (χ0) is 31.5. The first-order valence-electron chi connectivity index (χ1n) is 13.8. The van der Waals surface area contributed by atoms with E-state index in [0.717, 1.165) is 4.90 Å². The summed E-state index contributed by atoms with van der Waals surface area (Å²) in [6, 6.07) is 29.2. The summed E-state index contributed by atoms with van der Waals surface area (Å²) < 4.78 is 5.49. The summed E-state index contributed by atoms with van der Waals surface area (Å²) in [6.45, 7) is 4.21. The zero-order valence-electron chi connectivity index (χ0n) is 24.2. The second-order valence-electron chi connectivity index (χ2n) is 9.55. The van der Waals surface area contributed by atoms with E-state index in [9.17, 15) is 19.2 Å². The maximum atomic E-state index is 13.3. The first kappa shape index (κ1) is 31.6. The average molecular weight is 609 g/mol. The van der Waals surface area contributed by atoms with Crippen LogP contribution in [0.1, 0.15) is 40.1 Å². The lowest BCUT2D eigenvalue weighted by Crippen LogP contribution is -2.30. The van der Waals surface area contributed by atoms with Crippen LogP contribution in [0.25, 0.3) is 6.08 Å². The summed E-state index contributed by atoms with van der Waals surface area (Å²) in [7, 11) is 0. The highest BCUT2D eigenvalue weighted by atomic mass is 32.2. The third kappa shape index (κ3) is 9.07. The molecule has 0 aliphatic rings. The maximum absolute atomic E-state index is 13.3. The molecule has 44 heavy (non-hydrogen) atoms. The normalized spacial score (nSPS) is 11.6. The summed E-state index contributed by atoms with van der Waals surface area (Å²) in [5, 5.41) is 7.95. The molecule has 9 nitrogen and oxygen atoms in total. The first-order valence-corrected chi connectivity index (χ1v) is 14.7. The molecule has 0 aromatic heterocycles. The Balaban J connectivity index is 1.42. The van der Waals surface area contributed by atoms with Gasteiger partial charge in [0.05, 0.1) is 11.9 Å². The second-order valence-corrected chi connectivity index (χ2v) is 11.0. The minimum Gasteiger partial charge on any atom is -0.494 e. The van der Waals surface area contributed by atoms with Crippen LogP contribution in [-0.4, -0.2) is 35.5 Å². The molecule has 4 amide bonds. The number of nitrogens with two attached hydrogens (primary N) is 1. The number of carbonyl (C=O) groups is 4. The molecule has 0 radical (unpaired) electrons. The van der Waals surface area contributed by atoms with Gasteiger partial charge in [-0.25, -0.2) is 0 Å². The van der Waals surface area contributed by atoms with E-state index < -0.39 is 23.0 Å². The van der Waals surface area contributed by atoms with Crippen molar-refractivity contribution >= 4 is 52.8 Å². The van der Waals surface area contributed by atoms with Crippen molar-refractivity contribution in [2.24, 2.45) is 5.73 Å². The predicted octanol–water partition coefficient (Wildman–Crippen LogP) is 5.71. The molecule has 0 spiro atoms. The third-order valence-corrected chi connectivity index (χ3v) is 7.37. The van der Waals surface area contributed by atoms with Gasteiger partial charge < -0.3 is 26.4 Å². The van der Waals surface area contributed by atoms with Crippen LogP contribution in [0.2, 0.25) is 0 Å². The van der Waals surface area contributed by atoms with E-state index in [-0.39, 0.29) is 11.6 Å². The molecular formula is C34H32N4O5S. The second kappa shape index (κ2) is 15.2. The Morgan fingerprint density at radius 3 is 2.02 bits per heavy atom. The molecule has 0 saturated heterocycles. The van der Waals surface area contributed by atoms with Gasteiger partial charge in [0.25, 0.3) is 11.8 Å². The summed E-state index contributed by atoms with van der Waals surface area (Å²) in [4.78, 5) is 51.0. The topological polar surface area (TPSA) is 140 Å². The van der Waals surface area contributed by atoms with Crippen LogP contribution in [0.4, 0.5) is 11.4 Å². The van der Waals surface area contributed by atoms with E-state index in [1.54, 1.807) is 116 Å². The van der Waals surface area contributed by atoms with Crippen LogP contribution in [0.3, 0.4) is 0 Å². The fraction of sp³-hybridized carbons (Fsp3) is 0.118. The van der Waals surface area contributed by atoms with Crippen LogP contribution in [0.5, 0.6) is 5.75 Å². The lowest BCUT2D eigenvalue weighted by molar-refractivity contribution is -0.115. The van der Waals surface area contributed by atoms with Gasteiger partial charge in [-0.1, -0.05) is 30.3 Å². The van der Waals surface area contributed by atoms with Gasteiger partial charge in [0.2, 0.25) is 11.8 Å². The van der Waals surface area contributed by atoms with Crippen molar-refractivity contribution < 1.29 is 23.9 Å². The summed E-state index contributed by atoms with van der Waals surface area (Å²) in [5.74, 6) is -0.965. The summed E-state index contributed by atoms with van der Waals surface area (Å²) in [6.07, 6.45) is 1.60. The van der Waals surface area contributed by atoms with Crippen molar-refractivity contribution in [2.45, 2.75) is 24.0 Å². The Labute approximate surface area is 259 Å². The van der Waals surface area contributed by atoms with Crippen LogP contribution in [0, 0.1) is 0 Å². The van der Waals surface area contributed by atoms with E-state index in [4.69, 9.17) is 10.5 Å². The number of carbonyl (C=O) groups excluding carboxylic acids is 4. The van der Waals surface area contributed by atoms with Crippen molar-refractivity contribution in [2.75, 3.05) is 17.2 Å². The van der Waals surface area contributed by atoms with Crippen molar-refractivity contribution in [1.82, 2.24) is 5.32 Å². The molecule has 4 aromatic carbocycles. The zero-order valence-corrected chi connectivity index (χ0v) is 25.0. The molecule has 0 heterocycles. The van der Waals surface area contributed by atoms with Crippen LogP contribution in [-0.2, 0) is 9.59 Å². The highest BCUT2D eigenvalue weighted by molar-refractivity contribution is 8.00. The number of thioether (sulfide) groups is 1. The molecule has 1 unspecified atom stereocenters. The number of hydrogen-bond acceptors (Lipinski definition) is 6. The highest BCUT2D eigenvalue weighted by Gasteiger charge is 2.17. The minimum atomic E-state index is -0.539. The minimum absolute atomic E-state index is 0.0654. The smallest absolute Gasteiger partial charge is 0.272 e. The maximum Gasteiger partial charge on any atom is 0.272 e. The first-order chi connectivity index (χ1) is 21.2. The van der Waals surface area contributed by atoms with E-state index in [2.05, 4.69) is 16.0 Å². The van der Waals surface area contributed by atoms with Gasteiger partial charge in [-0.2, -0.15) is 0 Å². The Morgan fingerprint density at radius 1 is 0.795 bits per heavy atom. The van der Waals surface area contributed by atoms with Gasteiger partial charge in [-0.3, -0.25) is 19.2 Å². The number of ether oxygens (including phenoxy) is 1. The number of anilines is 2. The molecule has 0 fully saturated rings. The number of hydrogen-bond donors (Lipinski definition) is 4. The third-order valence-electron chi connectivity index (χ3n) is 6.26. The van der Waals surface area contributed by atoms with Gasteiger partial charge in [0.1, 0.15) is 11.4 Å². The monoisotopic (exact) mass is 608 g/mol. The fourth-order valence-electron chi connectivity index (χ4n) is 3.97. The van der Waals surface area contributed by atoms with Crippen LogP contribution in [0.15, 0.2) is 114 Å². The van der Waals surface area contributed by atoms with E-state index >= 15 is 0 Å². The molecule has 4 aromatic rings. The Bertz CT molecular complexity index is 1640. The van der Waals surface area contributed by atoms with Gasteiger partial charge in [-0.05, 0) is 98.3 Å². The molecule has 224 valence electrons. The number of nitrogens with one attached hydrogen (secondary N) is 3. The molecular weight excluding hydrogens is 576 g/mol. The van der Waals surface area contributed by atoms with Crippen molar-refractivity contribution in [3.8, 4) is 5.75 Å². The molecule has 5 N–H and O–H groups in total. The lowest BCUT2D eigenvalue weighted by atomic mass is 10.1. The molecule has 4 rings (SSSR count). The Kier molecular flexibility index (Phi) is 10.9. The molecule has 10 heteroatoms. The highest BCUT2D eigenvalue weighted by Crippen LogP contribution is 2.26. The molecule has 1 atom stereocenters. The summed E-state index contributed by atoms with van der Waals surface area (Å²) >= 11 is 1.35. The molecule has 0 aliphatic heterocycles. The average Bonchev–Trinajstić information content (AvgIpc) is 3.03. The van der Waals surface area contributed by atoms with Gasteiger partial charge in [0, 0.05) is 27.4 Å². The van der Waals surface area contributed by atoms with Crippen molar-refractivity contribution in [3.05, 3.63) is 126 Å². The SMILES string of the molecule is CCOc1ccc(/C=C(\NC(=O)c2ccccc2)C(=O)Nc2ccc(SC(C)C(=O)Nc3ccc(C(N)=O)cc3)cc2)cc1. The Hall–Kier alpha value is -5.35. The van der Waals surface area contributed by atoms with Crippen molar-refractivity contribution in [1.29, 1.82) is 0 Å². The lowest BCUT2D eigenvalue weighted by Gasteiger charge is -2.14. The number of rotatable bonds is 12. The van der Waals surface area contributed by atoms with E-state index in [1.807, 2.05) is 6.92 Å². The predicted molar refractivity (Wildman–Crippen MR) is 173 cm³/mol. The van der Waals surface area contributed by atoms with E-state index in [1.165, 1.54) is 11.8 Å². The molecule has 0 bridgehead atoms. The van der Waals surface area contributed by atoms with Crippen LogP contribution >= 0.6 is 11.8 Å². The fourth-order valence-corrected chi connectivity index (χ4v) is 4.84. The summed E-state index contributed by atoms with van der Waals surface area (Å²) in [5.41, 5.74) is 7.87. The van der Waals surface area contributed by atoms with Crippen LogP contribution < -0.4 is 26.4 Å². The van der Waals surface area contributed by atoms with Gasteiger partial charge >= 0.3 is 0 Å².